The van der Waals surface area contributed by atoms with E-state index in [0.29, 0.717) is 11.5 Å². The van der Waals surface area contributed by atoms with Gasteiger partial charge in [-0.3, -0.25) is 4.79 Å². The van der Waals surface area contributed by atoms with Gasteiger partial charge in [0.2, 0.25) is 0 Å². The third-order valence-electron chi connectivity index (χ3n) is 4.29. The molecule has 0 unspecified atom stereocenters. The summed E-state index contributed by atoms with van der Waals surface area (Å²) in [5, 5.41) is 2.90. The van der Waals surface area contributed by atoms with E-state index in [9.17, 15) is 4.79 Å². The predicted octanol–water partition coefficient (Wildman–Crippen LogP) is 4.37. The van der Waals surface area contributed by atoms with Crippen LogP contribution in [0.4, 0.5) is 11.5 Å². The van der Waals surface area contributed by atoms with Crippen molar-refractivity contribution < 1.29 is 4.79 Å². The maximum atomic E-state index is 12.7. The third-order valence-corrected chi connectivity index (χ3v) is 4.29. The van der Waals surface area contributed by atoms with E-state index >= 15 is 0 Å². The first-order valence-electron chi connectivity index (χ1n) is 9.07. The molecule has 0 fully saturated rings. The summed E-state index contributed by atoms with van der Waals surface area (Å²) in [6.07, 6.45) is 0. The third kappa shape index (κ3) is 4.91. The number of carbonyl (C=O) groups excluding carboxylic acids is 1. The van der Waals surface area contributed by atoms with Gasteiger partial charge in [-0.15, -0.1) is 0 Å². The molecule has 0 radical (unpaired) electrons. The second kappa shape index (κ2) is 8.45. The van der Waals surface area contributed by atoms with Crippen molar-refractivity contribution in [3.8, 4) is 0 Å². The maximum Gasteiger partial charge on any atom is 0.274 e. The van der Waals surface area contributed by atoms with E-state index in [-0.39, 0.29) is 5.91 Å². The van der Waals surface area contributed by atoms with Crippen LogP contribution < -0.4 is 10.2 Å². The van der Waals surface area contributed by atoms with Crippen LogP contribution >= 0.6 is 0 Å². The van der Waals surface area contributed by atoms with E-state index in [0.717, 1.165) is 30.2 Å². The minimum atomic E-state index is -0.235. The monoisotopic (exact) mass is 360 g/mol. The van der Waals surface area contributed by atoms with E-state index in [1.165, 1.54) is 5.56 Å². The lowest BCUT2D eigenvalue weighted by Gasteiger charge is -2.22. The first kappa shape index (κ1) is 18.6. The Bertz CT molecular complexity index is 907. The molecule has 27 heavy (non-hydrogen) atoms. The summed E-state index contributed by atoms with van der Waals surface area (Å²) in [7, 11) is 0. The van der Waals surface area contributed by atoms with Crippen molar-refractivity contribution in [2.45, 2.75) is 27.3 Å². The van der Waals surface area contributed by atoms with Gasteiger partial charge in [0.05, 0.1) is 0 Å². The number of rotatable bonds is 6. The number of hydrogen-bond donors (Lipinski definition) is 1. The standard InChI is InChI=1S/C22H24N4O/c1-4-26(15-18-8-6-5-7-9-18)21-14-20(23-17(3)24-21)22(27)25-19-12-10-16(2)11-13-19/h5-14H,4,15H2,1-3H3,(H,25,27). The molecule has 0 spiro atoms. The topological polar surface area (TPSA) is 58.1 Å². The zero-order valence-electron chi connectivity index (χ0n) is 15.9. The zero-order chi connectivity index (χ0) is 19.2. The molecule has 0 aliphatic rings. The fourth-order valence-electron chi connectivity index (χ4n) is 2.82. The van der Waals surface area contributed by atoms with Crippen LogP contribution in [0.25, 0.3) is 0 Å². The van der Waals surface area contributed by atoms with Gasteiger partial charge >= 0.3 is 0 Å². The van der Waals surface area contributed by atoms with Gasteiger partial charge < -0.3 is 10.2 Å². The number of aryl methyl sites for hydroxylation is 2. The molecule has 1 N–H and O–H groups in total. The Morgan fingerprint density at radius 1 is 1.00 bits per heavy atom. The van der Waals surface area contributed by atoms with Crippen molar-refractivity contribution in [3.63, 3.8) is 0 Å². The Hall–Kier alpha value is -3.21. The number of aromatic nitrogens is 2. The molecule has 2 aromatic carbocycles. The normalized spacial score (nSPS) is 10.5. The molecule has 0 bridgehead atoms. The Morgan fingerprint density at radius 3 is 2.37 bits per heavy atom. The number of nitrogens with zero attached hydrogens (tertiary/aromatic N) is 3. The molecule has 0 aliphatic carbocycles. The van der Waals surface area contributed by atoms with Gasteiger partial charge in [-0.05, 0) is 38.5 Å². The number of benzene rings is 2. The molecular weight excluding hydrogens is 336 g/mol. The highest BCUT2D eigenvalue weighted by atomic mass is 16.1. The van der Waals surface area contributed by atoms with Crippen molar-refractivity contribution in [2.24, 2.45) is 0 Å². The van der Waals surface area contributed by atoms with E-state index in [4.69, 9.17) is 0 Å². The zero-order valence-corrected chi connectivity index (χ0v) is 15.9. The van der Waals surface area contributed by atoms with Crippen LogP contribution in [0.3, 0.4) is 0 Å². The highest BCUT2D eigenvalue weighted by molar-refractivity contribution is 6.03. The summed E-state index contributed by atoms with van der Waals surface area (Å²) in [5.41, 5.74) is 3.46. The quantitative estimate of drug-likeness (QED) is 0.709. The lowest BCUT2D eigenvalue weighted by atomic mass is 10.2. The van der Waals surface area contributed by atoms with Gasteiger partial charge in [0.15, 0.2) is 0 Å². The van der Waals surface area contributed by atoms with Crippen molar-refractivity contribution in [2.75, 3.05) is 16.8 Å². The Labute approximate surface area is 160 Å². The lowest BCUT2D eigenvalue weighted by molar-refractivity contribution is 0.102. The fraction of sp³-hybridized carbons (Fsp3) is 0.227. The Morgan fingerprint density at radius 2 is 1.70 bits per heavy atom. The molecule has 1 amide bonds. The number of amides is 1. The largest absolute Gasteiger partial charge is 0.352 e. The SMILES string of the molecule is CCN(Cc1ccccc1)c1cc(C(=O)Nc2ccc(C)cc2)nc(C)n1. The molecule has 5 nitrogen and oxygen atoms in total. The molecule has 138 valence electrons. The second-order valence-corrected chi connectivity index (χ2v) is 6.48. The van der Waals surface area contributed by atoms with Crippen LogP contribution in [0.1, 0.15) is 34.4 Å². The molecule has 0 aliphatic heterocycles. The minimum Gasteiger partial charge on any atom is -0.352 e. The van der Waals surface area contributed by atoms with Crippen LogP contribution in [-0.2, 0) is 6.54 Å². The number of nitrogens with one attached hydrogen (secondary N) is 1. The number of hydrogen-bond acceptors (Lipinski definition) is 4. The highest BCUT2D eigenvalue weighted by Crippen LogP contribution is 2.17. The molecule has 0 atom stereocenters. The summed E-state index contributed by atoms with van der Waals surface area (Å²) in [5.74, 6) is 1.09. The van der Waals surface area contributed by atoms with Crippen LogP contribution in [0.5, 0.6) is 0 Å². The number of carbonyl (C=O) groups is 1. The molecule has 0 saturated heterocycles. The van der Waals surface area contributed by atoms with Crippen molar-refractivity contribution >= 4 is 17.4 Å². The Balaban J connectivity index is 1.82. The molecule has 3 aromatic rings. The molecule has 1 aromatic heterocycles. The van der Waals surface area contributed by atoms with Crippen molar-refractivity contribution in [3.05, 3.63) is 83.3 Å². The van der Waals surface area contributed by atoms with E-state index in [2.05, 4.69) is 39.2 Å². The first-order valence-corrected chi connectivity index (χ1v) is 9.07. The first-order chi connectivity index (χ1) is 13.0. The van der Waals surface area contributed by atoms with Gasteiger partial charge in [0, 0.05) is 24.8 Å². The van der Waals surface area contributed by atoms with E-state index in [1.54, 1.807) is 6.07 Å². The maximum absolute atomic E-state index is 12.7. The molecule has 0 saturated carbocycles. The van der Waals surface area contributed by atoms with E-state index < -0.39 is 0 Å². The fourth-order valence-corrected chi connectivity index (χ4v) is 2.82. The average Bonchev–Trinajstić information content (AvgIpc) is 2.68. The predicted molar refractivity (Wildman–Crippen MR) is 109 cm³/mol. The Kier molecular flexibility index (Phi) is 5.81. The summed E-state index contributed by atoms with van der Waals surface area (Å²) < 4.78 is 0. The van der Waals surface area contributed by atoms with Gasteiger partial charge in [0.1, 0.15) is 17.3 Å². The highest BCUT2D eigenvalue weighted by Gasteiger charge is 2.14. The van der Waals surface area contributed by atoms with Gasteiger partial charge in [-0.25, -0.2) is 9.97 Å². The summed E-state index contributed by atoms with van der Waals surface area (Å²) >= 11 is 0. The second-order valence-electron chi connectivity index (χ2n) is 6.48. The summed E-state index contributed by atoms with van der Waals surface area (Å²) in [6.45, 7) is 7.41. The van der Waals surface area contributed by atoms with Crippen molar-refractivity contribution in [1.29, 1.82) is 0 Å². The summed E-state index contributed by atoms with van der Waals surface area (Å²) in [6, 6.07) is 19.7. The van der Waals surface area contributed by atoms with E-state index in [1.807, 2.05) is 56.3 Å². The minimum absolute atomic E-state index is 0.235. The smallest absolute Gasteiger partial charge is 0.274 e. The van der Waals surface area contributed by atoms with Gasteiger partial charge in [0.25, 0.3) is 5.91 Å². The number of anilines is 2. The molecule has 3 rings (SSSR count). The van der Waals surface area contributed by atoms with Crippen LogP contribution in [0.15, 0.2) is 60.7 Å². The van der Waals surface area contributed by atoms with Crippen LogP contribution in [0, 0.1) is 13.8 Å². The van der Waals surface area contributed by atoms with Crippen LogP contribution in [0.2, 0.25) is 0 Å². The van der Waals surface area contributed by atoms with Gasteiger partial charge in [-0.2, -0.15) is 0 Å². The molecule has 1 heterocycles. The lowest BCUT2D eigenvalue weighted by Crippen LogP contribution is -2.25. The van der Waals surface area contributed by atoms with Crippen molar-refractivity contribution in [1.82, 2.24) is 9.97 Å². The van der Waals surface area contributed by atoms with Crippen LogP contribution in [-0.4, -0.2) is 22.4 Å². The summed E-state index contributed by atoms with van der Waals surface area (Å²) in [4.78, 5) is 23.6. The molecular formula is C22H24N4O. The average molecular weight is 360 g/mol. The van der Waals surface area contributed by atoms with Gasteiger partial charge in [-0.1, -0.05) is 48.0 Å². The molecule has 5 heteroatoms.